The Morgan fingerprint density at radius 2 is 1.72 bits per heavy atom. The van der Waals surface area contributed by atoms with Crippen molar-refractivity contribution in [2.24, 2.45) is 0 Å². The number of methoxy groups -OCH3 is 1. The number of ether oxygens (including phenoxy) is 1. The van der Waals surface area contributed by atoms with Gasteiger partial charge in [0.05, 0.1) is 12.7 Å². The molecule has 0 spiro atoms. The van der Waals surface area contributed by atoms with Crippen molar-refractivity contribution < 1.29 is 9.53 Å². The van der Waals surface area contributed by atoms with Crippen molar-refractivity contribution in [2.45, 2.75) is 13.8 Å². The standard InChI is InChI=1S/C16H16O2/c1-11-5-4-6-13(9-11)16(17)14-10-12(2)7-8-15(14)18-3/h4-10H,1-3H3. The first-order chi connectivity index (χ1) is 8.61. The van der Waals surface area contributed by atoms with Crippen LogP contribution in [0, 0.1) is 13.8 Å². The molecule has 0 fully saturated rings. The molecule has 0 saturated heterocycles. The smallest absolute Gasteiger partial charge is 0.196 e. The molecule has 2 aromatic rings. The van der Waals surface area contributed by atoms with Crippen molar-refractivity contribution in [3.63, 3.8) is 0 Å². The molecule has 18 heavy (non-hydrogen) atoms. The van der Waals surface area contributed by atoms with Gasteiger partial charge in [0.25, 0.3) is 0 Å². The summed E-state index contributed by atoms with van der Waals surface area (Å²) in [7, 11) is 1.58. The summed E-state index contributed by atoms with van der Waals surface area (Å²) in [5.74, 6) is 0.617. The average molecular weight is 240 g/mol. The lowest BCUT2D eigenvalue weighted by Gasteiger charge is -2.09. The summed E-state index contributed by atoms with van der Waals surface area (Å²) in [6.07, 6.45) is 0. The van der Waals surface area contributed by atoms with Crippen LogP contribution in [0.5, 0.6) is 5.75 Å². The summed E-state index contributed by atoms with van der Waals surface area (Å²) >= 11 is 0. The van der Waals surface area contributed by atoms with Crippen LogP contribution in [0.1, 0.15) is 27.0 Å². The highest BCUT2D eigenvalue weighted by atomic mass is 16.5. The molecule has 0 aliphatic heterocycles. The van der Waals surface area contributed by atoms with Gasteiger partial charge in [0.1, 0.15) is 5.75 Å². The molecule has 0 saturated carbocycles. The molecule has 0 aliphatic carbocycles. The Hall–Kier alpha value is -2.09. The van der Waals surface area contributed by atoms with Gasteiger partial charge < -0.3 is 4.74 Å². The van der Waals surface area contributed by atoms with Crippen LogP contribution in [0.4, 0.5) is 0 Å². The van der Waals surface area contributed by atoms with E-state index in [2.05, 4.69) is 0 Å². The van der Waals surface area contributed by atoms with Crippen LogP contribution < -0.4 is 4.74 Å². The van der Waals surface area contributed by atoms with Gasteiger partial charge >= 0.3 is 0 Å². The zero-order valence-electron chi connectivity index (χ0n) is 10.9. The third-order valence-electron chi connectivity index (χ3n) is 2.88. The zero-order chi connectivity index (χ0) is 13.1. The number of hydrogen-bond donors (Lipinski definition) is 0. The monoisotopic (exact) mass is 240 g/mol. The van der Waals surface area contributed by atoms with Crippen LogP contribution in [0.2, 0.25) is 0 Å². The summed E-state index contributed by atoms with van der Waals surface area (Å²) in [5.41, 5.74) is 3.43. The van der Waals surface area contributed by atoms with E-state index in [1.54, 1.807) is 7.11 Å². The Morgan fingerprint density at radius 1 is 1.00 bits per heavy atom. The molecule has 0 atom stereocenters. The fourth-order valence-electron chi connectivity index (χ4n) is 1.94. The van der Waals surface area contributed by atoms with Gasteiger partial charge in [-0.25, -0.2) is 0 Å². The van der Waals surface area contributed by atoms with Crippen molar-refractivity contribution in [3.8, 4) is 5.75 Å². The number of hydrogen-bond acceptors (Lipinski definition) is 2. The molecule has 0 unspecified atom stereocenters. The Morgan fingerprint density at radius 3 is 2.39 bits per heavy atom. The molecule has 0 radical (unpaired) electrons. The van der Waals surface area contributed by atoms with Crippen molar-refractivity contribution >= 4 is 5.78 Å². The third kappa shape index (κ3) is 2.43. The van der Waals surface area contributed by atoms with E-state index in [0.29, 0.717) is 16.9 Å². The molecule has 2 aromatic carbocycles. The first-order valence-electron chi connectivity index (χ1n) is 5.88. The third-order valence-corrected chi connectivity index (χ3v) is 2.88. The summed E-state index contributed by atoms with van der Waals surface area (Å²) in [4.78, 5) is 12.5. The molecule has 0 bridgehead atoms. The maximum absolute atomic E-state index is 12.5. The highest BCUT2D eigenvalue weighted by molar-refractivity contribution is 6.10. The van der Waals surface area contributed by atoms with Crippen molar-refractivity contribution in [1.29, 1.82) is 0 Å². The number of carbonyl (C=O) groups is 1. The number of benzene rings is 2. The molecule has 0 amide bonds. The highest BCUT2D eigenvalue weighted by Gasteiger charge is 2.14. The van der Waals surface area contributed by atoms with Gasteiger partial charge in [0.15, 0.2) is 5.78 Å². The minimum Gasteiger partial charge on any atom is -0.496 e. The summed E-state index contributed by atoms with van der Waals surface area (Å²) in [6, 6.07) is 13.2. The topological polar surface area (TPSA) is 26.3 Å². The van der Waals surface area contributed by atoms with Crippen LogP contribution in [-0.4, -0.2) is 12.9 Å². The van der Waals surface area contributed by atoms with Gasteiger partial charge in [-0.15, -0.1) is 0 Å². The fourth-order valence-corrected chi connectivity index (χ4v) is 1.94. The minimum absolute atomic E-state index is 0.000694. The molecule has 2 heteroatoms. The van der Waals surface area contributed by atoms with E-state index >= 15 is 0 Å². The average Bonchev–Trinajstić information content (AvgIpc) is 2.38. The van der Waals surface area contributed by atoms with Gasteiger partial charge in [-0.2, -0.15) is 0 Å². The van der Waals surface area contributed by atoms with Crippen LogP contribution in [0.15, 0.2) is 42.5 Å². The Labute approximate surface area is 107 Å². The largest absolute Gasteiger partial charge is 0.496 e. The number of carbonyl (C=O) groups excluding carboxylic acids is 1. The summed E-state index contributed by atoms with van der Waals surface area (Å²) in [6.45, 7) is 3.94. The Balaban J connectivity index is 2.48. The quantitative estimate of drug-likeness (QED) is 0.767. The fraction of sp³-hybridized carbons (Fsp3) is 0.188. The minimum atomic E-state index is -0.000694. The maximum Gasteiger partial charge on any atom is 0.196 e. The Kier molecular flexibility index (Phi) is 3.47. The first kappa shape index (κ1) is 12.4. The normalized spacial score (nSPS) is 10.2. The number of ketones is 1. The van der Waals surface area contributed by atoms with Crippen LogP contribution in [0.3, 0.4) is 0 Å². The predicted molar refractivity (Wildman–Crippen MR) is 72.3 cm³/mol. The zero-order valence-corrected chi connectivity index (χ0v) is 10.9. The van der Waals surface area contributed by atoms with Crippen LogP contribution in [-0.2, 0) is 0 Å². The molecule has 0 N–H and O–H groups in total. The van der Waals surface area contributed by atoms with E-state index in [0.717, 1.165) is 11.1 Å². The van der Waals surface area contributed by atoms with E-state index in [4.69, 9.17) is 4.74 Å². The summed E-state index contributed by atoms with van der Waals surface area (Å²) < 4.78 is 5.25. The van der Waals surface area contributed by atoms with Gasteiger partial charge in [-0.05, 0) is 32.0 Å². The van der Waals surface area contributed by atoms with E-state index in [1.807, 2.05) is 56.3 Å². The van der Waals surface area contributed by atoms with E-state index < -0.39 is 0 Å². The lowest BCUT2D eigenvalue weighted by Crippen LogP contribution is -2.04. The van der Waals surface area contributed by atoms with Crippen molar-refractivity contribution in [1.82, 2.24) is 0 Å². The highest BCUT2D eigenvalue weighted by Crippen LogP contribution is 2.23. The first-order valence-corrected chi connectivity index (χ1v) is 5.88. The van der Waals surface area contributed by atoms with Crippen LogP contribution >= 0.6 is 0 Å². The van der Waals surface area contributed by atoms with Gasteiger partial charge in [-0.3, -0.25) is 4.79 Å². The van der Waals surface area contributed by atoms with Crippen molar-refractivity contribution in [2.75, 3.05) is 7.11 Å². The molecule has 2 nitrogen and oxygen atoms in total. The lowest BCUT2D eigenvalue weighted by molar-refractivity contribution is 0.103. The Bertz CT molecular complexity index is 585. The summed E-state index contributed by atoms with van der Waals surface area (Å²) in [5, 5.41) is 0. The van der Waals surface area contributed by atoms with Gasteiger partial charge in [0.2, 0.25) is 0 Å². The van der Waals surface area contributed by atoms with E-state index in [-0.39, 0.29) is 5.78 Å². The van der Waals surface area contributed by atoms with E-state index in [9.17, 15) is 4.79 Å². The van der Waals surface area contributed by atoms with Crippen LogP contribution in [0.25, 0.3) is 0 Å². The molecular formula is C16H16O2. The second kappa shape index (κ2) is 5.05. The molecule has 92 valence electrons. The molecular weight excluding hydrogens is 224 g/mol. The molecule has 0 aliphatic rings. The molecule has 2 rings (SSSR count). The molecule has 0 heterocycles. The maximum atomic E-state index is 12.5. The second-order valence-corrected chi connectivity index (χ2v) is 4.40. The SMILES string of the molecule is COc1ccc(C)cc1C(=O)c1cccc(C)c1. The second-order valence-electron chi connectivity index (χ2n) is 4.40. The molecule has 0 aromatic heterocycles. The lowest BCUT2D eigenvalue weighted by atomic mass is 9.99. The van der Waals surface area contributed by atoms with Gasteiger partial charge in [-0.1, -0.05) is 35.4 Å². The van der Waals surface area contributed by atoms with Crippen molar-refractivity contribution in [3.05, 3.63) is 64.7 Å². The number of aryl methyl sites for hydroxylation is 2. The van der Waals surface area contributed by atoms with Gasteiger partial charge in [0, 0.05) is 5.56 Å². The predicted octanol–water partition coefficient (Wildman–Crippen LogP) is 3.54. The van der Waals surface area contributed by atoms with E-state index in [1.165, 1.54) is 0 Å². The number of rotatable bonds is 3.